The monoisotopic (exact) mass is 329 g/mol. The van der Waals surface area contributed by atoms with Crippen molar-refractivity contribution >= 4 is 23.2 Å². The van der Waals surface area contributed by atoms with Crippen molar-refractivity contribution in [2.45, 2.75) is 19.4 Å². The summed E-state index contributed by atoms with van der Waals surface area (Å²) in [5.74, 6) is -1.17. The molecule has 2 rings (SSSR count). The van der Waals surface area contributed by atoms with Crippen molar-refractivity contribution in [2.75, 3.05) is 6.54 Å². The van der Waals surface area contributed by atoms with Gasteiger partial charge in [0.2, 0.25) is 0 Å². The van der Waals surface area contributed by atoms with Crippen LogP contribution < -0.4 is 5.32 Å². The molecule has 1 atom stereocenters. The molecule has 0 aliphatic heterocycles. The first-order chi connectivity index (χ1) is 10.0. The van der Waals surface area contributed by atoms with Crippen molar-refractivity contribution in [3.05, 3.63) is 69.2 Å². The smallest absolute Gasteiger partial charge is 0.126 e. The van der Waals surface area contributed by atoms with Gasteiger partial charge in [0.15, 0.2) is 0 Å². The number of hydrogen-bond acceptors (Lipinski definition) is 1. The Hall–Kier alpha value is -1.16. The van der Waals surface area contributed by atoms with Crippen molar-refractivity contribution in [1.82, 2.24) is 5.32 Å². The molecule has 0 aliphatic rings. The van der Waals surface area contributed by atoms with Gasteiger partial charge >= 0.3 is 0 Å². The third-order valence-electron chi connectivity index (χ3n) is 3.17. The van der Waals surface area contributed by atoms with Crippen LogP contribution in [0.5, 0.6) is 0 Å². The van der Waals surface area contributed by atoms with Gasteiger partial charge in [-0.25, -0.2) is 8.78 Å². The average Bonchev–Trinajstić information content (AvgIpc) is 2.40. The maximum atomic E-state index is 13.3. The average molecular weight is 330 g/mol. The number of hydrogen-bond donors (Lipinski definition) is 1. The summed E-state index contributed by atoms with van der Waals surface area (Å²) in [7, 11) is 0. The topological polar surface area (TPSA) is 12.0 Å². The molecule has 1 N–H and O–H groups in total. The van der Waals surface area contributed by atoms with E-state index in [9.17, 15) is 8.78 Å². The van der Waals surface area contributed by atoms with Crippen molar-refractivity contribution in [2.24, 2.45) is 0 Å². The summed E-state index contributed by atoms with van der Waals surface area (Å²) in [6.45, 7) is 2.66. The van der Waals surface area contributed by atoms with Gasteiger partial charge in [0.1, 0.15) is 11.6 Å². The van der Waals surface area contributed by atoms with Crippen LogP contribution in [0.4, 0.5) is 8.78 Å². The second kappa shape index (κ2) is 7.21. The Morgan fingerprint density at radius 3 is 2.38 bits per heavy atom. The van der Waals surface area contributed by atoms with Gasteiger partial charge in [-0.3, -0.25) is 0 Å². The van der Waals surface area contributed by atoms with Crippen LogP contribution in [0.2, 0.25) is 10.0 Å². The first kappa shape index (κ1) is 16.2. The van der Waals surface area contributed by atoms with Gasteiger partial charge in [-0.15, -0.1) is 0 Å². The molecule has 1 unspecified atom stereocenters. The van der Waals surface area contributed by atoms with E-state index in [1.807, 2.05) is 13.0 Å². The van der Waals surface area contributed by atoms with Crippen LogP contribution in [0, 0.1) is 11.6 Å². The third-order valence-corrected chi connectivity index (χ3v) is 4.00. The van der Waals surface area contributed by atoms with Crippen LogP contribution in [0.3, 0.4) is 0 Å². The zero-order valence-electron chi connectivity index (χ0n) is 11.5. The van der Waals surface area contributed by atoms with E-state index in [0.29, 0.717) is 28.6 Å². The van der Waals surface area contributed by atoms with Crippen molar-refractivity contribution < 1.29 is 8.78 Å². The van der Waals surface area contributed by atoms with Crippen molar-refractivity contribution in [1.29, 1.82) is 0 Å². The van der Waals surface area contributed by atoms with Crippen LogP contribution in [0.1, 0.15) is 24.1 Å². The number of benzene rings is 2. The molecule has 0 amide bonds. The Morgan fingerprint density at radius 2 is 1.76 bits per heavy atom. The van der Waals surface area contributed by atoms with Gasteiger partial charge in [-0.1, -0.05) is 42.3 Å². The predicted molar refractivity (Wildman–Crippen MR) is 82.9 cm³/mol. The van der Waals surface area contributed by atoms with E-state index >= 15 is 0 Å². The molecule has 112 valence electrons. The Balaban J connectivity index is 2.32. The lowest BCUT2D eigenvalue weighted by molar-refractivity contribution is 0.539. The molecule has 0 saturated heterocycles. The molecule has 0 heterocycles. The summed E-state index contributed by atoms with van der Waals surface area (Å²) in [6, 6.07) is 8.72. The quantitative estimate of drug-likeness (QED) is 0.798. The lowest BCUT2D eigenvalue weighted by Crippen LogP contribution is -2.23. The van der Waals surface area contributed by atoms with Gasteiger partial charge in [0.25, 0.3) is 0 Å². The largest absolute Gasteiger partial charge is 0.310 e. The molecule has 1 nitrogen and oxygen atoms in total. The van der Waals surface area contributed by atoms with E-state index in [1.54, 1.807) is 12.1 Å². The molecular formula is C16H15Cl2F2N. The van der Waals surface area contributed by atoms with E-state index in [4.69, 9.17) is 23.2 Å². The van der Waals surface area contributed by atoms with Gasteiger partial charge in [-0.05, 0) is 42.3 Å². The SMILES string of the molecule is CCNC(Cc1cc(F)cc(F)c1)c1cccc(Cl)c1Cl. The van der Waals surface area contributed by atoms with Gasteiger partial charge in [0.05, 0.1) is 10.0 Å². The zero-order chi connectivity index (χ0) is 15.4. The first-order valence-electron chi connectivity index (χ1n) is 6.63. The van der Waals surface area contributed by atoms with Crippen molar-refractivity contribution in [3.63, 3.8) is 0 Å². The fourth-order valence-electron chi connectivity index (χ4n) is 2.29. The third kappa shape index (κ3) is 4.16. The summed E-state index contributed by atoms with van der Waals surface area (Å²) in [5.41, 5.74) is 1.38. The fourth-order valence-corrected chi connectivity index (χ4v) is 2.73. The Bertz CT molecular complexity index is 611. The minimum atomic E-state index is -0.586. The minimum absolute atomic E-state index is 0.164. The molecule has 0 aliphatic carbocycles. The van der Waals surface area contributed by atoms with E-state index < -0.39 is 11.6 Å². The Morgan fingerprint density at radius 1 is 1.10 bits per heavy atom. The minimum Gasteiger partial charge on any atom is -0.310 e. The van der Waals surface area contributed by atoms with E-state index in [-0.39, 0.29) is 6.04 Å². The Labute approximate surface area is 132 Å². The molecule has 2 aromatic rings. The summed E-state index contributed by atoms with van der Waals surface area (Å²) in [5, 5.41) is 4.19. The normalized spacial score (nSPS) is 12.4. The number of halogens is 4. The Kier molecular flexibility index (Phi) is 5.57. The lowest BCUT2D eigenvalue weighted by atomic mass is 9.98. The molecule has 0 fully saturated rings. The van der Waals surface area contributed by atoms with Crippen LogP contribution in [0.25, 0.3) is 0 Å². The van der Waals surface area contributed by atoms with Crippen LogP contribution >= 0.6 is 23.2 Å². The fraction of sp³-hybridized carbons (Fsp3) is 0.250. The second-order valence-electron chi connectivity index (χ2n) is 4.74. The van der Waals surface area contributed by atoms with Crippen LogP contribution in [-0.4, -0.2) is 6.54 Å². The van der Waals surface area contributed by atoms with Crippen molar-refractivity contribution in [3.8, 4) is 0 Å². The van der Waals surface area contributed by atoms with Gasteiger partial charge in [-0.2, -0.15) is 0 Å². The molecule has 2 aromatic carbocycles. The van der Waals surface area contributed by atoms with Crippen LogP contribution in [-0.2, 0) is 6.42 Å². The standard InChI is InChI=1S/C16H15Cl2F2N/c1-2-21-15(13-4-3-5-14(17)16(13)18)8-10-6-11(19)9-12(20)7-10/h3-7,9,15,21H,2,8H2,1H3. The maximum absolute atomic E-state index is 13.3. The number of nitrogens with one attached hydrogen (secondary N) is 1. The molecular weight excluding hydrogens is 315 g/mol. The molecule has 21 heavy (non-hydrogen) atoms. The van der Waals surface area contributed by atoms with E-state index in [2.05, 4.69) is 5.32 Å². The highest BCUT2D eigenvalue weighted by Gasteiger charge is 2.17. The van der Waals surface area contributed by atoms with Gasteiger partial charge < -0.3 is 5.32 Å². The summed E-state index contributed by atoms with van der Waals surface area (Å²) in [6.07, 6.45) is 0.419. The summed E-state index contributed by atoms with van der Waals surface area (Å²) >= 11 is 12.3. The predicted octanol–water partition coefficient (Wildman–Crippen LogP) is 5.16. The molecule has 0 aromatic heterocycles. The molecule has 0 spiro atoms. The maximum Gasteiger partial charge on any atom is 0.126 e. The van der Waals surface area contributed by atoms with Gasteiger partial charge in [0, 0.05) is 12.1 Å². The number of rotatable bonds is 5. The zero-order valence-corrected chi connectivity index (χ0v) is 13.0. The molecule has 0 bridgehead atoms. The highest BCUT2D eigenvalue weighted by Crippen LogP contribution is 2.31. The van der Waals surface area contributed by atoms with E-state index in [0.717, 1.165) is 11.6 Å². The highest BCUT2D eigenvalue weighted by molar-refractivity contribution is 6.42. The molecule has 0 saturated carbocycles. The summed E-state index contributed by atoms with van der Waals surface area (Å²) in [4.78, 5) is 0. The number of likely N-dealkylation sites (N-methyl/N-ethyl adjacent to an activating group) is 1. The lowest BCUT2D eigenvalue weighted by Gasteiger charge is -2.20. The highest BCUT2D eigenvalue weighted by atomic mass is 35.5. The summed E-state index contributed by atoms with van der Waals surface area (Å²) < 4.78 is 26.6. The van der Waals surface area contributed by atoms with Crippen LogP contribution in [0.15, 0.2) is 36.4 Å². The van der Waals surface area contributed by atoms with E-state index in [1.165, 1.54) is 12.1 Å². The first-order valence-corrected chi connectivity index (χ1v) is 7.39. The second-order valence-corrected chi connectivity index (χ2v) is 5.52. The molecule has 5 heteroatoms. The molecule has 0 radical (unpaired) electrons.